The van der Waals surface area contributed by atoms with Crippen molar-refractivity contribution in [1.82, 2.24) is 5.32 Å². The first-order chi connectivity index (χ1) is 7.25. The zero-order chi connectivity index (χ0) is 11.1. The van der Waals surface area contributed by atoms with Gasteiger partial charge in [0, 0.05) is 12.3 Å². The van der Waals surface area contributed by atoms with Crippen molar-refractivity contribution in [3.05, 3.63) is 12.7 Å². The first kappa shape index (κ1) is 12.6. The summed E-state index contributed by atoms with van der Waals surface area (Å²) in [6, 6.07) is 0. The molecule has 3 nitrogen and oxygen atoms in total. The molecule has 1 atom stereocenters. The Kier molecular flexibility index (Phi) is 5.19. The zero-order valence-electron chi connectivity index (χ0n) is 9.25. The standard InChI is InChI=1S/C11H19NO2S/c1-3-7-12-11(10(13)14-4-2)6-5-8-15-9-11/h3,12H,1,4-9H2,2H3. The summed E-state index contributed by atoms with van der Waals surface area (Å²) in [4.78, 5) is 11.9. The second-order valence-corrected chi connectivity index (χ2v) is 4.73. The van der Waals surface area contributed by atoms with Gasteiger partial charge in [-0.25, -0.2) is 0 Å². The van der Waals surface area contributed by atoms with Gasteiger partial charge in [-0.15, -0.1) is 6.58 Å². The molecule has 0 radical (unpaired) electrons. The summed E-state index contributed by atoms with van der Waals surface area (Å²) >= 11 is 1.81. The first-order valence-corrected chi connectivity index (χ1v) is 6.51. The predicted octanol–water partition coefficient (Wildman–Crippen LogP) is 1.59. The number of hydrogen-bond acceptors (Lipinski definition) is 4. The highest BCUT2D eigenvalue weighted by Gasteiger charge is 2.40. The van der Waals surface area contributed by atoms with Gasteiger partial charge < -0.3 is 4.74 Å². The number of carbonyl (C=O) groups excluding carboxylic acids is 1. The van der Waals surface area contributed by atoms with Crippen molar-refractivity contribution in [2.75, 3.05) is 24.7 Å². The molecule has 0 amide bonds. The molecule has 4 heteroatoms. The van der Waals surface area contributed by atoms with Crippen LogP contribution in [-0.4, -0.2) is 36.2 Å². The van der Waals surface area contributed by atoms with Crippen LogP contribution in [0.25, 0.3) is 0 Å². The normalized spacial score (nSPS) is 25.9. The number of carbonyl (C=O) groups is 1. The third kappa shape index (κ3) is 3.24. The van der Waals surface area contributed by atoms with Gasteiger partial charge in [0.2, 0.25) is 0 Å². The number of esters is 1. The van der Waals surface area contributed by atoms with Crippen LogP contribution in [0.3, 0.4) is 0 Å². The summed E-state index contributed by atoms with van der Waals surface area (Å²) in [5, 5.41) is 3.26. The molecule has 1 fully saturated rings. The monoisotopic (exact) mass is 229 g/mol. The molecule has 1 rings (SSSR count). The summed E-state index contributed by atoms with van der Waals surface area (Å²) in [6.07, 6.45) is 3.71. The van der Waals surface area contributed by atoms with Crippen LogP contribution in [0, 0.1) is 0 Å². The van der Waals surface area contributed by atoms with Crippen LogP contribution in [0.2, 0.25) is 0 Å². The highest BCUT2D eigenvalue weighted by atomic mass is 32.2. The fourth-order valence-corrected chi connectivity index (χ4v) is 2.91. The molecule has 1 aliphatic rings. The van der Waals surface area contributed by atoms with Crippen molar-refractivity contribution in [3.63, 3.8) is 0 Å². The van der Waals surface area contributed by atoms with Crippen LogP contribution in [-0.2, 0) is 9.53 Å². The lowest BCUT2D eigenvalue weighted by Gasteiger charge is -2.35. The number of rotatable bonds is 5. The molecule has 0 aromatic rings. The Hall–Kier alpha value is -0.480. The lowest BCUT2D eigenvalue weighted by Crippen LogP contribution is -2.56. The Morgan fingerprint density at radius 3 is 3.07 bits per heavy atom. The van der Waals surface area contributed by atoms with Gasteiger partial charge in [0.1, 0.15) is 5.54 Å². The van der Waals surface area contributed by atoms with Crippen LogP contribution in [0.5, 0.6) is 0 Å². The summed E-state index contributed by atoms with van der Waals surface area (Å²) in [5.74, 6) is 1.83. The fraction of sp³-hybridized carbons (Fsp3) is 0.727. The van der Waals surface area contributed by atoms with E-state index in [-0.39, 0.29) is 5.97 Å². The van der Waals surface area contributed by atoms with Gasteiger partial charge in [-0.1, -0.05) is 6.08 Å². The van der Waals surface area contributed by atoms with Crippen molar-refractivity contribution in [2.45, 2.75) is 25.3 Å². The van der Waals surface area contributed by atoms with Crippen molar-refractivity contribution in [1.29, 1.82) is 0 Å². The average molecular weight is 229 g/mol. The maximum atomic E-state index is 11.9. The summed E-state index contributed by atoms with van der Waals surface area (Å²) in [7, 11) is 0. The highest BCUT2D eigenvalue weighted by Crippen LogP contribution is 2.27. The van der Waals surface area contributed by atoms with E-state index in [0.717, 1.165) is 24.3 Å². The van der Waals surface area contributed by atoms with E-state index in [4.69, 9.17) is 4.74 Å². The predicted molar refractivity (Wildman–Crippen MR) is 64.1 cm³/mol. The number of nitrogens with one attached hydrogen (secondary N) is 1. The molecule has 1 saturated heterocycles. The molecular formula is C11H19NO2S. The van der Waals surface area contributed by atoms with Gasteiger partial charge in [0.25, 0.3) is 0 Å². The molecule has 1 unspecified atom stereocenters. The Balaban J connectivity index is 2.64. The van der Waals surface area contributed by atoms with E-state index in [1.165, 1.54) is 0 Å². The van der Waals surface area contributed by atoms with E-state index in [1.54, 1.807) is 6.08 Å². The van der Waals surface area contributed by atoms with E-state index in [0.29, 0.717) is 13.2 Å². The van der Waals surface area contributed by atoms with Gasteiger partial charge >= 0.3 is 5.97 Å². The van der Waals surface area contributed by atoms with Crippen LogP contribution in [0.15, 0.2) is 12.7 Å². The lowest BCUT2D eigenvalue weighted by atomic mass is 9.95. The van der Waals surface area contributed by atoms with E-state index < -0.39 is 5.54 Å². The quantitative estimate of drug-likeness (QED) is 0.574. The number of ether oxygens (including phenoxy) is 1. The average Bonchev–Trinajstić information content (AvgIpc) is 2.28. The molecule has 0 aromatic carbocycles. The molecule has 15 heavy (non-hydrogen) atoms. The maximum absolute atomic E-state index is 11.9. The van der Waals surface area contributed by atoms with Gasteiger partial charge in [-0.05, 0) is 25.5 Å². The Bertz CT molecular complexity index is 225. The molecule has 86 valence electrons. The second kappa shape index (κ2) is 6.18. The topological polar surface area (TPSA) is 38.3 Å². The molecule has 1 heterocycles. The Labute approximate surface area is 95.6 Å². The molecule has 1 N–H and O–H groups in total. The van der Waals surface area contributed by atoms with Gasteiger partial charge in [0.05, 0.1) is 6.61 Å². The van der Waals surface area contributed by atoms with E-state index in [1.807, 2.05) is 18.7 Å². The maximum Gasteiger partial charge on any atom is 0.327 e. The molecule has 0 spiro atoms. The lowest BCUT2D eigenvalue weighted by molar-refractivity contribution is -0.150. The molecule has 0 aromatic heterocycles. The minimum absolute atomic E-state index is 0.112. The summed E-state index contributed by atoms with van der Waals surface area (Å²) < 4.78 is 5.13. The van der Waals surface area contributed by atoms with Gasteiger partial charge in [0.15, 0.2) is 0 Å². The second-order valence-electron chi connectivity index (χ2n) is 3.63. The first-order valence-electron chi connectivity index (χ1n) is 5.36. The van der Waals surface area contributed by atoms with Crippen LogP contribution < -0.4 is 5.32 Å². The number of thioether (sulfide) groups is 1. The highest BCUT2D eigenvalue weighted by molar-refractivity contribution is 7.99. The molecule has 0 saturated carbocycles. The Morgan fingerprint density at radius 1 is 1.73 bits per heavy atom. The van der Waals surface area contributed by atoms with Crippen LogP contribution in [0.4, 0.5) is 0 Å². The molecular weight excluding hydrogens is 210 g/mol. The largest absolute Gasteiger partial charge is 0.465 e. The van der Waals surface area contributed by atoms with E-state index in [9.17, 15) is 4.79 Å². The fourth-order valence-electron chi connectivity index (χ4n) is 1.70. The zero-order valence-corrected chi connectivity index (χ0v) is 10.1. The SMILES string of the molecule is C=CCNC1(C(=O)OCC)CCCSC1. The minimum Gasteiger partial charge on any atom is -0.465 e. The molecule has 1 aliphatic heterocycles. The van der Waals surface area contributed by atoms with Crippen molar-refractivity contribution >= 4 is 17.7 Å². The van der Waals surface area contributed by atoms with Crippen molar-refractivity contribution < 1.29 is 9.53 Å². The van der Waals surface area contributed by atoms with Gasteiger partial charge in [-0.2, -0.15) is 11.8 Å². The molecule has 0 bridgehead atoms. The minimum atomic E-state index is -0.479. The van der Waals surface area contributed by atoms with Crippen molar-refractivity contribution in [2.24, 2.45) is 0 Å². The van der Waals surface area contributed by atoms with E-state index >= 15 is 0 Å². The number of hydrogen-bond donors (Lipinski definition) is 1. The Morgan fingerprint density at radius 2 is 2.53 bits per heavy atom. The summed E-state index contributed by atoms with van der Waals surface area (Å²) in [6.45, 7) is 6.60. The molecule has 0 aliphatic carbocycles. The van der Waals surface area contributed by atoms with E-state index in [2.05, 4.69) is 11.9 Å². The third-order valence-corrected chi connectivity index (χ3v) is 3.77. The van der Waals surface area contributed by atoms with Gasteiger partial charge in [-0.3, -0.25) is 10.1 Å². The van der Waals surface area contributed by atoms with Crippen LogP contribution >= 0.6 is 11.8 Å². The third-order valence-electron chi connectivity index (χ3n) is 2.49. The summed E-state index contributed by atoms with van der Waals surface area (Å²) in [5.41, 5.74) is -0.479. The van der Waals surface area contributed by atoms with Crippen molar-refractivity contribution in [3.8, 4) is 0 Å². The smallest absolute Gasteiger partial charge is 0.327 e. The van der Waals surface area contributed by atoms with Crippen LogP contribution in [0.1, 0.15) is 19.8 Å².